The molecule has 0 aliphatic rings. The van der Waals surface area contributed by atoms with Crippen molar-refractivity contribution >= 4 is 5.91 Å². The molecule has 0 bridgehead atoms. The fourth-order valence-corrected chi connectivity index (χ4v) is 2.19. The maximum absolute atomic E-state index is 12.0. The van der Waals surface area contributed by atoms with Crippen molar-refractivity contribution in [2.75, 3.05) is 0 Å². The third-order valence-corrected chi connectivity index (χ3v) is 3.48. The van der Waals surface area contributed by atoms with E-state index in [1.807, 2.05) is 0 Å². The van der Waals surface area contributed by atoms with Crippen LogP contribution in [-0.4, -0.2) is 26.2 Å². The fraction of sp³-hybridized carbons (Fsp3) is 0.267. The summed E-state index contributed by atoms with van der Waals surface area (Å²) in [4.78, 5) is 30.3. The van der Waals surface area contributed by atoms with Crippen LogP contribution in [0.3, 0.4) is 0 Å². The first kappa shape index (κ1) is 15.7. The number of nitrogens with zero attached hydrogens (tertiary/aromatic N) is 3. The Hall–Kier alpha value is -3.23. The average molecular weight is 329 g/mol. The van der Waals surface area contributed by atoms with Crippen LogP contribution in [0.4, 0.5) is 0 Å². The van der Waals surface area contributed by atoms with E-state index >= 15 is 0 Å². The van der Waals surface area contributed by atoms with Gasteiger partial charge in [-0.2, -0.15) is 4.98 Å². The molecule has 1 amide bonds. The lowest BCUT2D eigenvalue weighted by atomic mass is 10.1. The molecule has 3 aromatic rings. The van der Waals surface area contributed by atoms with Crippen LogP contribution in [0.1, 0.15) is 22.9 Å². The number of carbonyl (C=O) groups is 1. The second kappa shape index (κ2) is 6.49. The van der Waals surface area contributed by atoms with E-state index in [1.54, 1.807) is 26.0 Å². The van der Waals surface area contributed by atoms with Gasteiger partial charge in [0.15, 0.2) is 0 Å². The van der Waals surface area contributed by atoms with Gasteiger partial charge in [-0.25, -0.2) is 0 Å². The number of carbonyl (C=O) groups excluding carboxylic acids is 1. The predicted molar refractivity (Wildman–Crippen MR) is 81.9 cm³/mol. The van der Waals surface area contributed by atoms with Gasteiger partial charge in [-0.3, -0.25) is 9.59 Å². The van der Waals surface area contributed by atoms with Gasteiger partial charge < -0.3 is 19.3 Å². The highest BCUT2D eigenvalue weighted by Gasteiger charge is 2.15. The number of aromatic nitrogens is 4. The number of pyridine rings is 1. The third kappa shape index (κ3) is 3.24. The van der Waals surface area contributed by atoms with Crippen molar-refractivity contribution in [3.8, 4) is 11.4 Å². The molecule has 3 rings (SSSR count). The second-order valence-electron chi connectivity index (χ2n) is 5.18. The minimum Gasteiger partial charge on any atom is -0.361 e. The maximum atomic E-state index is 12.0. The van der Waals surface area contributed by atoms with Gasteiger partial charge in [-0.1, -0.05) is 10.3 Å². The molecule has 124 valence electrons. The average Bonchev–Trinajstić information content (AvgIpc) is 3.15. The SMILES string of the molecule is Cc1noc(C)c1CC(=O)NCc1nc(-c2ccc[nH]c2=O)no1. The van der Waals surface area contributed by atoms with E-state index in [9.17, 15) is 9.59 Å². The van der Waals surface area contributed by atoms with Gasteiger partial charge in [0, 0.05) is 11.8 Å². The Morgan fingerprint density at radius 2 is 2.12 bits per heavy atom. The molecule has 0 aromatic carbocycles. The van der Waals surface area contributed by atoms with E-state index in [0.29, 0.717) is 17.0 Å². The van der Waals surface area contributed by atoms with E-state index in [2.05, 4.69) is 25.6 Å². The molecule has 0 aliphatic carbocycles. The molecule has 2 N–H and O–H groups in total. The Kier molecular flexibility index (Phi) is 4.23. The van der Waals surface area contributed by atoms with Gasteiger partial charge >= 0.3 is 0 Å². The summed E-state index contributed by atoms with van der Waals surface area (Å²) in [7, 11) is 0. The summed E-state index contributed by atoms with van der Waals surface area (Å²) < 4.78 is 10.1. The second-order valence-corrected chi connectivity index (χ2v) is 5.18. The van der Waals surface area contributed by atoms with Gasteiger partial charge in [0.2, 0.25) is 17.6 Å². The molecule has 0 atom stereocenters. The molecule has 0 unspecified atom stereocenters. The first-order chi connectivity index (χ1) is 11.5. The minimum atomic E-state index is -0.313. The summed E-state index contributed by atoms with van der Waals surface area (Å²) in [6.07, 6.45) is 1.67. The monoisotopic (exact) mass is 329 g/mol. The Balaban J connectivity index is 1.63. The highest BCUT2D eigenvalue weighted by molar-refractivity contribution is 5.78. The number of aryl methyl sites for hydroxylation is 2. The van der Waals surface area contributed by atoms with Gasteiger partial charge in [-0.05, 0) is 26.0 Å². The first-order valence-corrected chi connectivity index (χ1v) is 7.23. The normalized spacial score (nSPS) is 10.8. The largest absolute Gasteiger partial charge is 0.361 e. The van der Waals surface area contributed by atoms with Crippen molar-refractivity contribution in [1.82, 2.24) is 25.6 Å². The zero-order valence-corrected chi connectivity index (χ0v) is 13.1. The molecule has 0 saturated heterocycles. The van der Waals surface area contributed by atoms with Gasteiger partial charge in [0.25, 0.3) is 5.56 Å². The number of hydrogen-bond acceptors (Lipinski definition) is 7. The van der Waals surface area contributed by atoms with Gasteiger partial charge in [-0.15, -0.1) is 0 Å². The van der Waals surface area contributed by atoms with E-state index in [1.165, 1.54) is 6.20 Å². The number of amides is 1. The number of H-pyrrole nitrogens is 1. The highest BCUT2D eigenvalue weighted by Crippen LogP contribution is 2.13. The molecule has 0 spiro atoms. The lowest BCUT2D eigenvalue weighted by Crippen LogP contribution is -2.25. The van der Waals surface area contributed by atoms with Crippen LogP contribution in [0.25, 0.3) is 11.4 Å². The van der Waals surface area contributed by atoms with Crippen molar-refractivity contribution < 1.29 is 13.8 Å². The van der Waals surface area contributed by atoms with E-state index in [0.717, 1.165) is 5.56 Å². The molecule has 0 fully saturated rings. The van der Waals surface area contributed by atoms with Crippen molar-refractivity contribution in [1.29, 1.82) is 0 Å². The smallest absolute Gasteiger partial charge is 0.259 e. The molecular formula is C15H15N5O4. The zero-order valence-electron chi connectivity index (χ0n) is 13.1. The van der Waals surface area contributed by atoms with Crippen LogP contribution in [-0.2, 0) is 17.8 Å². The zero-order chi connectivity index (χ0) is 17.1. The number of hydrogen-bond donors (Lipinski definition) is 2. The fourth-order valence-electron chi connectivity index (χ4n) is 2.19. The van der Waals surface area contributed by atoms with Crippen LogP contribution in [0.15, 0.2) is 32.2 Å². The predicted octanol–water partition coefficient (Wildman–Crippen LogP) is 0.889. The standard InChI is InChI=1S/C15H15N5O4/c1-8-11(9(2)23-19-8)6-12(21)17-7-13-18-14(20-24-13)10-4-3-5-16-15(10)22/h3-5H,6-7H2,1-2H3,(H,16,22)(H,17,21). The summed E-state index contributed by atoms with van der Waals surface area (Å²) in [5.41, 5.74) is 1.43. The third-order valence-electron chi connectivity index (χ3n) is 3.48. The summed E-state index contributed by atoms with van der Waals surface area (Å²) in [6.45, 7) is 3.60. The quantitative estimate of drug-likeness (QED) is 0.711. The van der Waals surface area contributed by atoms with Crippen molar-refractivity contribution in [3.05, 3.63) is 51.6 Å². The first-order valence-electron chi connectivity index (χ1n) is 7.23. The lowest BCUT2D eigenvalue weighted by molar-refractivity contribution is -0.120. The number of aromatic amines is 1. The van der Waals surface area contributed by atoms with E-state index < -0.39 is 0 Å². The van der Waals surface area contributed by atoms with Crippen LogP contribution in [0.5, 0.6) is 0 Å². The Bertz CT molecular complexity index is 904. The maximum Gasteiger partial charge on any atom is 0.259 e. The van der Waals surface area contributed by atoms with Crippen molar-refractivity contribution in [2.45, 2.75) is 26.8 Å². The Morgan fingerprint density at radius 3 is 2.83 bits per heavy atom. The molecule has 0 aliphatic heterocycles. The molecule has 9 heteroatoms. The van der Waals surface area contributed by atoms with Gasteiger partial charge in [0.1, 0.15) is 5.76 Å². The van der Waals surface area contributed by atoms with Crippen molar-refractivity contribution in [3.63, 3.8) is 0 Å². The van der Waals surface area contributed by atoms with E-state index in [-0.39, 0.29) is 36.1 Å². The number of rotatable bonds is 5. The Morgan fingerprint density at radius 1 is 1.29 bits per heavy atom. The van der Waals surface area contributed by atoms with Gasteiger partial charge in [0.05, 0.1) is 24.2 Å². The van der Waals surface area contributed by atoms with Crippen LogP contribution in [0, 0.1) is 13.8 Å². The summed E-state index contributed by atoms with van der Waals surface area (Å²) >= 11 is 0. The molecule has 9 nitrogen and oxygen atoms in total. The molecule has 24 heavy (non-hydrogen) atoms. The molecule has 3 aromatic heterocycles. The highest BCUT2D eigenvalue weighted by atomic mass is 16.5. The van der Waals surface area contributed by atoms with Crippen molar-refractivity contribution in [2.24, 2.45) is 0 Å². The molecule has 0 radical (unpaired) electrons. The topological polar surface area (TPSA) is 127 Å². The van der Waals surface area contributed by atoms with Crippen LogP contribution in [0.2, 0.25) is 0 Å². The lowest BCUT2D eigenvalue weighted by Gasteiger charge is -2.01. The minimum absolute atomic E-state index is 0.0694. The molecule has 3 heterocycles. The summed E-state index contributed by atoms with van der Waals surface area (Å²) in [5, 5.41) is 10.2. The van der Waals surface area contributed by atoms with Crippen LogP contribution < -0.4 is 10.9 Å². The number of nitrogens with one attached hydrogen (secondary N) is 2. The van der Waals surface area contributed by atoms with Crippen LogP contribution >= 0.6 is 0 Å². The molecular weight excluding hydrogens is 314 g/mol. The summed E-state index contributed by atoms with van der Waals surface area (Å²) in [6, 6.07) is 3.25. The van der Waals surface area contributed by atoms with E-state index in [4.69, 9.17) is 9.05 Å². The summed E-state index contributed by atoms with van der Waals surface area (Å²) in [5.74, 6) is 0.778. The Labute approximate surface area is 136 Å². The molecule has 0 saturated carbocycles.